The van der Waals surface area contributed by atoms with Gasteiger partial charge in [0, 0.05) is 23.1 Å². The Kier molecular flexibility index (Phi) is 2.76. The molecule has 0 spiro atoms. The van der Waals surface area contributed by atoms with Crippen LogP contribution in [0.15, 0.2) is 18.2 Å². The van der Waals surface area contributed by atoms with E-state index in [0.717, 1.165) is 12.1 Å². The highest BCUT2D eigenvalue weighted by atomic mass is 35.5. The number of halogens is 4. The van der Waals surface area contributed by atoms with Crippen molar-refractivity contribution in [1.82, 2.24) is 4.98 Å². The van der Waals surface area contributed by atoms with Crippen molar-refractivity contribution in [3.8, 4) is 0 Å². The van der Waals surface area contributed by atoms with Crippen molar-refractivity contribution in [2.45, 2.75) is 5.88 Å². The van der Waals surface area contributed by atoms with Crippen LogP contribution in [0.5, 0.6) is 0 Å². The van der Waals surface area contributed by atoms with E-state index in [9.17, 15) is 8.78 Å². The summed E-state index contributed by atoms with van der Waals surface area (Å²) in [5.41, 5.74) is 0.711. The molecule has 15 heavy (non-hydrogen) atoms. The molecule has 0 amide bonds. The molecule has 0 N–H and O–H groups in total. The minimum Gasteiger partial charge on any atom is -0.236 e. The Bertz CT molecular complexity index is 528. The number of alkyl halides is 1. The van der Waals surface area contributed by atoms with Gasteiger partial charge in [-0.1, -0.05) is 11.6 Å². The molecule has 0 fully saturated rings. The number of benzene rings is 1. The second-order valence-corrected chi connectivity index (χ2v) is 3.65. The van der Waals surface area contributed by atoms with Gasteiger partial charge in [0.05, 0.1) is 11.4 Å². The van der Waals surface area contributed by atoms with Crippen LogP contribution in [-0.2, 0) is 5.88 Å². The highest BCUT2D eigenvalue weighted by molar-refractivity contribution is 6.31. The summed E-state index contributed by atoms with van der Waals surface area (Å²) >= 11 is 11.4. The van der Waals surface area contributed by atoms with Gasteiger partial charge in [0.15, 0.2) is 0 Å². The van der Waals surface area contributed by atoms with Crippen LogP contribution in [0.25, 0.3) is 10.9 Å². The molecule has 0 aliphatic carbocycles. The topological polar surface area (TPSA) is 12.9 Å². The molecule has 78 valence electrons. The monoisotopic (exact) mass is 247 g/mol. The zero-order chi connectivity index (χ0) is 11.0. The van der Waals surface area contributed by atoms with Crippen molar-refractivity contribution in [1.29, 1.82) is 0 Å². The fourth-order valence-electron chi connectivity index (χ4n) is 1.31. The first-order valence-corrected chi connectivity index (χ1v) is 5.03. The molecule has 1 aromatic carbocycles. The first-order valence-electron chi connectivity index (χ1n) is 4.12. The van der Waals surface area contributed by atoms with Crippen LogP contribution in [0, 0.1) is 11.6 Å². The molecule has 5 heteroatoms. The summed E-state index contributed by atoms with van der Waals surface area (Å²) in [5.74, 6) is -1.21. The van der Waals surface area contributed by atoms with E-state index in [1.165, 1.54) is 6.07 Å². The summed E-state index contributed by atoms with van der Waals surface area (Å²) in [6.45, 7) is 0. The van der Waals surface area contributed by atoms with E-state index in [4.69, 9.17) is 23.2 Å². The minimum atomic E-state index is -0.679. The summed E-state index contributed by atoms with van der Waals surface area (Å²) in [4.78, 5) is 3.87. The Balaban J connectivity index is 2.81. The van der Waals surface area contributed by atoms with Gasteiger partial charge in [-0.05, 0) is 6.07 Å². The van der Waals surface area contributed by atoms with Gasteiger partial charge >= 0.3 is 0 Å². The summed E-state index contributed by atoms with van der Waals surface area (Å²) in [6.07, 6.45) is 0. The van der Waals surface area contributed by atoms with Crippen LogP contribution in [-0.4, -0.2) is 4.98 Å². The second-order valence-electron chi connectivity index (χ2n) is 3.03. The number of hydrogen-bond donors (Lipinski definition) is 0. The lowest BCUT2D eigenvalue weighted by Crippen LogP contribution is -1.91. The number of pyridine rings is 1. The minimum absolute atomic E-state index is 0.137. The highest BCUT2D eigenvalue weighted by Crippen LogP contribution is 2.24. The van der Waals surface area contributed by atoms with Crippen LogP contribution in [0.3, 0.4) is 0 Å². The second kappa shape index (κ2) is 3.91. The van der Waals surface area contributed by atoms with Gasteiger partial charge in [-0.25, -0.2) is 13.8 Å². The lowest BCUT2D eigenvalue weighted by molar-refractivity contribution is 0.591. The third-order valence-electron chi connectivity index (χ3n) is 2.02. The normalized spacial score (nSPS) is 10.9. The molecule has 1 nitrogen and oxygen atoms in total. The maximum atomic E-state index is 13.3. The molecule has 0 aliphatic heterocycles. The van der Waals surface area contributed by atoms with E-state index in [-0.39, 0.29) is 21.9 Å². The number of hydrogen-bond acceptors (Lipinski definition) is 1. The number of nitrogens with zero attached hydrogens (tertiary/aromatic N) is 1. The lowest BCUT2D eigenvalue weighted by Gasteiger charge is -2.04. The summed E-state index contributed by atoms with van der Waals surface area (Å²) in [7, 11) is 0. The van der Waals surface area contributed by atoms with E-state index >= 15 is 0 Å². The van der Waals surface area contributed by atoms with Gasteiger partial charge in [0.25, 0.3) is 0 Å². The molecular weight excluding hydrogens is 243 g/mol. The quantitative estimate of drug-likeness (QED) is 0.550. The fraction of sp³-hybridized carbons (Fsp3) is 0.100. The molecule has 0 atom stereocenters. The average Bonchev–Trinajstić information content (AvgIpc) is 2.16. The van der Waals surface area contributed by atoms with E-state index in [0.29, 0.717) is 5.56 Å². The maximum Gasteiger partial charge on any atom is 0.135 e. The molecule has 0 saturated carbocycles. The first-order chi connectivity index (χ1) is 7.11. The molecule has 0 bridgehead atoms. The third kappa shape index (κ3) is 1.90. The van der Waals surface area contributed by atoms with Gasteiger partial charge in [-0.15, -0.1) is 11.6 Å². The SMILES string of the molecule is Fc1cc(F)c2cc(CCl)c(Cl)nc2c1. The van der Waals surface area contributed by atoms with Crippen molar-refractivity contribution in [3.63, 3.8) is 0 Å². The van der Waals surface area contributed by atoms with Crippen molar-refractivity contribution >= 4 is 34.1 Å². The van der Waals surface area contributed by atoms with Gasteiger partial charge in [-0.3, -0.25) is 0 Å². The average molecular weight is 248 g/mol. The number of rotatable bonds is 1. The smallest absolute Gasteiger partial charge is 0.135 e. The molecule has 2 aromatic rings. The molecule has 2 rings (SSSR count). The van der Waals surface area contributed by atoms with Crippen molar-refractivity contribution in [2.75, 3.05) is 0 Å². The zero-order valence-electron chi connectivity index (χ0n) is 7.40. The lowest BCUT2D eigenvalue weighted by atomic mass is 10.1. The van der Waals surface area contributed by atoms with Crippen LogP contribution >= 0.6 is 23.2 Å². The first kappa shape index (κ1) is 10.6. The Morgan fingerprint density at radius 3 is 2.60 bits per heavy atom. The standard InChI is InChI=1S/C10H5Cl2F2N/c11-4-5-1-7-8(14)2-6(13)3-9(7)15-10(5)12/h1-3H,4H2. The van der Waals surface area contributed by atoms with E-state index in [2.05, 4.69) is 4.98 Å². The van der Waals surface area contributed by atoms with Crippen molar-refractivity contribution < 1.29 is 8.78 Å². The third-order valence-corrected chi connectivity index (χ3v) is 2.63. The molecular formula is C10H5Cl2F2N. The summed E-state index contributed by atoms with van der Waals surface area (Å²) in [6, 6.07) is 3.41. The van der Waals surface area contributed by atoms with Gasteiger partial charge < -0.3 is 0 Å². The zero-order valence-corrected chi connectivity index (χ0v) is 8.91. The van der Waals surface area contributed by atoms with Crippen LogP contribution in [0.2, 0.25) is 5.15 Å². The Labute approximate surface area is 94.6 Å². The predicted molar refractivity (Wildman–Crippen MR) is 56.2 cm³/mol. The maximum absolute atomic E-state index is 13.3. The molecule has 1 aromatic heterocycles. The molecule has 0 aliphatic rings. The largest absolute Gasteiger partial charge is 0.236 e. The van der Waals surface area contributed by atoms with Crippen molar-refractivity contribution in [3.05, 3.63) is 40.6 Å². The van der Waals surface area contributed by atoms with E-state index in [1.54, 1.807) is 0 Å². The fourth-order valence-corrected chi connectivity index (χ4v) is 1.80. The van der Waals surface area contributed by atoms with Crippen LogP contribution < -0.4 is 0 Å². The molecule has 0 radical (unpaired) electrons. The Hall–Kier alpha value is -0.930. The Morgan fingerprint density at radius 1 is 1.20 bits per heavy atom. The van der Waals surface area contributed by atoms with Gasteiger partial charge in [0.2, 0.25) is 0 Å². The molecule has 0 saturated heterocycles. The Morgan fingerprint density at radius 2 is 1.93 bits per heavy atom. The van der Waals surface area contributed by atoms with Gasteiger partial charge in [0.1, 0.15) is 16.8 Å². The van der Waals surface area contributed by atoms with Crippen molar-refractivity contribution in [2.24, 2.45) is 0 Å². The summed E-state index contributed by atoms with van der Waals surface area (Å²) < 4.78 is 26.2. The van der Waals surface area contributed by atoms with Crippen LogP contribution in [0.4, 0.5) is 8.78 Å². The number of fused-ring (bicyclic) bond motifs is 1. The van der Waals surface area contributed by atoms with E-state index < -0.39 is 11.6 Å². The van der Waals surface area contributed by atoms with Gasteiger partial charge in [-0.2, -0.15) is 0 Å². The molecule has 0 unspecified atom stereocenters. The van der Waals surface area contributed by atoms with E-state index in [1.807, 2.05) is 0 Å². The highest BCUT2D eigenvalue weighted by Gasteiger charge is 2.09. The van der Waals surface area contributed by atoms with Crippen LogP contribution in [0.1, 0.15) is 5.56 Å². The molecule has 1 heterocycles. The predicted octanol–water partition coefficient (Wildman–Crippen LogP) is 3.91. The number of aromatic nitrogens is 1. The summed E-state index contributed by atoms with van der Waals surface area (Å²) in [5, 5.41) is 0.388.